The van der Waals surface area contributed by atoms with Crippen LogP contribution < -0.4 is 10.9 Å². The van der Waals surface area contributed by atoms with Crippen molar-refractivity contribution in [3.8, 4) is 0 Å². The molecular weight excluding hydrogens is 362 g/mol. The number of nitrogens with one attached hydrogen (secondary N) is 1. The third-order valence-corrected chi connectivity index (χ3v) is 6.31. The van der Waals surface area contributed by atoms with Crippen molar-refractivity contribution in [3.63, 3.8) is 0 Å². The lowest BCUT2D eigenvalue weighted by atomic mass is 9.83. The topological polar surface area (TPSA) is 109 Å². The number of carboxylic acid groups (broad SMARTS) is 1. The Hall–Kier alpha value is -2.64. The first-order valence-electron chi connectivity index (χ1n) is 10.0. The molecule has 1 saturated carbocycles. The van der Waals surface area contributed by atoms with Gasteiger partial charge in [-0.25, -0.2) is 4.79 Å². The van der Waals surface area contributed by atoms with E-state index in [-0.39, 0.29) is 29.2 Å². The summed E-state index contributed by atoms with van der Waals surface area (Å²) in [4.78, 5) is 49.7. The molecule has 150 valence electrons. The number of aromatic nitrogens is 1. The molecule has 28 heavy (non-hydrogen) atoms. The number of aliphatic carboxylic acids is 1. The van der Waals surface area contributed by atoms with E-state index in [2.05, 4.69) is 5.32 Å². The fourth-order valence-corrected chi connectivity index (χ4v) is 4.94. The van der Waals surface area contributed by atoms with Gasteiger partial charge in [0.15, 0.2) is 0 Å². The maximum absolute atomic E-state index is 13.0. The zero-order chi connectivity index (χ0) is 19.8. The van der Waals surface area contributed by atoms with Crippen LogP contribution in [0.5, 0.6) is 0 Å². The number of anilines is 1. The summed E-state index contributed by atoms with van der Waals surface area (Å²) in [6, 6.07) is 3.47. The van der Waals surface area contributed by atoms with Gasteiger partial charge < -0.3 is 19.9 Å². The lowest BCUT2D eigenvalue weighted by Gasteiger charge is -2.42. The Morgan fingerprint density at radius 3 is 2.50 bits per heavy atom. The number of likely N-dealkylation sites (tertiary alicyclic amines) is 1. The largest absolute Gasteiger partial charge is 0.474 e. The van der Waals surface area contributed by atoms with Crippen molar-refractivity contribution in [3.05, 3.63) is 28.2 Å². The van der Waals surface area contributed by atoms with Gasteiger partial charge in [-0.3, -0.25) is 14.4 Å². The van der Waals surface area contributed by atoms with Crippen LogP contribution in [-0.4, -0.2) is 45.4 Å². The third-order valence-electron chi connectivity index (χ3n) is 6.31. The highest BCUT2D eigenvalue weighted by Crippen LogP contribution is 2.35. The minimum Gasteiger partial charge on any atom is -0.474 e. The summed E-state index contributed by atoms with van der Waals surface area (Å²) in [7, 11) is 0. The third kappa shape index (κ3) is 3.43. The molecule has 2 bridgehead atoms. The quantitative estimate of drug-likeness (QED) is 0.746. The molecule has 8 nitrogen and oxygen atoms in total. The lowest BCUT2D eigenvalue weighted by Crippen LogP contribution is -2.51. The van der Waals surface area contributed by atoms with E-state index in [0.717, 1.165) is 44.2 Å². The van der Waals surface area contributed by atoms with Gasteiger partial charge in [0.2, 0.25) is 5.91 Å². The predicted octanol–water partition coefficient (Wildman–Crippen LogP) is 1.40. The molecule has 2 amide bonds. The van der Waals surface area contributed by atoms with E-state index in [1.54, 1.807) is 10.6 Å². The van der Waals surface area contributed by atoms with Crippen molar-refractivity contribution in [1.29, 1.82) is 0 Å². The number of hydrogen-bond donors (Lipinski definition) is 2. The van der Waals surface area contributed by atoms with E-state index in [1.165, 1.54) is 4.90 Å². The van der Waals surface area contributed by atoms with Crippen molar-refractivity contribution < 1.29 is 19.5 Å². The van der Waals surface area contributed by atoms with Gasteiger partial charge in [-0.2, -0.15) is 0 Å². The smallest absolute Gasteiger partial charge is 0.394 e. The Kier molecular flexibility index (Phi) is 4.95. The van der Waals surface area contributed by atoms with Gasteiger partial charge >= 0.3 is 11.9 Å². The van der Waals surface area contributed by atoms with Crippen LogP contribution in [-0.2, 0) is 20.9 Å². The number of carboxylic acids is 1. The fourth-order valence-electron chi connectivity index (χ4n) is 4.94. The summed E-state index contributed by atoms with van der Waals surface area (Å²) in [5.74, 6) is -2.46. The summed E-state index contributed by atoms with van der Waals surface area (Å²) in [6.45, 7) is 1.07. The molecule has 2 fully saturated rings. The number of carbonyl (C=O) groups is 3. The number of carbonyl (C=O) groups excluding carboxylic acids is 2. The molecule has 0 spiro atoms. The van der Waals surface area contributed by atoms with Crippen LogP contribution >= 0.6 is 0 Å². The van der Waals surface area contributed by atoms with Crippen LogP contribution in [0.4, 0.5) is 5.69 Å². The number of pyridine rings is 1. The molecule has 0 unspecified atom stereocenters. The molecule has 0 aromatic carbocycles. The fraction of sp³-hybridized carbons (Fsp3) is 0.600. The van der Waals surface area contributed by atoms with Gasteiger partial charge in [0, 0.05) is 37.2 Å². The number of fused-ring (bicyclic) bond motifs is 4. The maximum atomic E-state index is 13.0. The van der Waals surface area contributed by atoms with E-state index in [4.69, 9.17) is 5.11 Å². The van der Waals surface area contributed by atoms with Crippen LogP contribution in [0, 0.1) is 11.8 Å². The minimum absolute atomic E-state index is 0.0239. The monoisotopic (exact) mass is 387 g/mol. The highest BCUT2D eigenvalue weighted by Gasteiger charge is 2.38. The number of rotatable bonds is 2. The Morgan fingerprint density at radius 1 is 1.04 bits per heavy atom. The molecule has 3 aliphatic rings. The maximum Gasteiger partial charge on any atom is 0.394 e. The molecule has 2 atom stereocenters. The summed E-state index contributed by atoms with van der Waals surface area (Å²) in [5.41, 5.74) is 0.895. The summed E-state index contributed by atoms with van der Waals surface area (Å²) >= 11 is 0. The first-order valence-corrected chi connectivity index (χ1v) is 10.0. The van der Waals surface area contributed by atoms with Gasteiger partial charge in [0.05, 0.1) is 0 Å². The van der Waals surface area contributed by atoms with E-state index < -0.39 is 11.9 Å². The van der Waals surface area contributed by atoms with Crippen LogP contribution in [0.25, 0.3) is 0 Å². The number of amides is 2. The number of hydrogen-bond acceptors (Lipinski definition) is 4. The molecule has 1 saturated heterocycles. The Labute approximate surface area is 162 Å². The zero-order valence-corrected chi connectivity index (χ0v) is 15.7. The Bertz CT molecular complexity index is 871. The summed E-state index contributed by atoms with van der Waals surface area (Å²) in [6.07, 6.45) is 5.84. The average molecular weight is 387 g/mol. The van der Waals surface area contributed by atoms with Gasteiger partial charge in [-0.05, 0) is 37.3 Å². The first-order chi connectivity index (χ1) is 13.4. The highest BCUT2D eigenvalue weighted by molar-refractivity contribution is 6.31. The van der Waals surface area contributed by atoms with Crippen molar-refractivity contribution in [1.82, 2.24) is 9.47 Å². The Morgan fingerprint density at radius 2 is 1.79 bits per heavy atom. The van der Waals surface area contributed by atoms with Gasteiger partial charge in [0.25, 0.3) is 5.56 Å². The highest BCUT2D eigenvalue weighted by atomic mass is 16.4. The van der Waals surface area contributed by atoms with E-state index in [0.29, 0.717) is 25.3 Å². The second-order valence-corrected chi connectivity index (χ2v) is 8.23. The second kappa shape index (κ2) is 7.41. The van der Waals surface area contributed by atoms with Crippen molar-refractivity contribution in [2.24, 2.45) is 11.8 Å². The molecule has 1 aliphatic carbocycles. The summed E-state index contributed by atoms with van der Waals surface area (Å²) < 4.78 is 1.69. The van der Waals surface area contributed by atoms with Gasteiger partial charge in [-0.1, -0.05) is 19.3 Å². The second-order valence-electron chi connectivity index (χ2n) is 8.23. The molecule has 1 aromatic rings. The van der Waals surface area contributed by atoms with Gasteiger partial charge in [0.1, 0.15) is 5.69 Å². The van der Waals surface area contributed by atoms with E-state index in [9.17, 15) is 19.2 Å². The molecule has 1 aromatic heterocycles. The van der Waals surface area contributed by atoms with Crippen LogP contribution in [0.2, 0.25) is 0 Å². The molecule has 3 heterocycles. The van der Waals surface area contributed by atoms with Crippen LogP contribution in [0.1, 0.15) is 50.1 Å². The van der Waals surface area contributed by atoms with Crippen LogP contribution in [0.3, 0.4) is 0 Å². The van der Waals surface area contributed by atoms with E-state index in [1.807, 2.05) is 6.07 Å². The Balaban J connectivity index is 1.54. The van der Waals surface area contributed by atoms with Crippen molar-refractivity contribution >= 4 is 23.5 Å². The standard InChI is InChI=1S/C20H25N3O5/c24-17(13-4-2-1-3-5-13)21-15-6-7-16-14-8-12(10-23(16)18(15)25)9-22(11-14)19(26)20(27)28/h6-7,12-14H,1-5,8-11H2,(H,21,24)(H,27,28)/t12-,14-/m1/s1. The minimum atomic E-state index is -1.45. The van der Waals surface area contributed by atoms with Crippen LogP contribution in [0.15, 0.2) is 16.9 Å². The lowest BCUT2D eigenvalue weighted by molar-refractivity contribution is -0.157. The molecule has 8 heteroatoms. The number of nitrogens with zero attached hydrogens (tertiary/aromatic N) is 2. The molecule has 4 rings (SSSR count). The SMILES string of the molecule is O=C(O)C(=O)N1C[C@H]2C[C@H](C1)c1ccc(NC(=O)C3CCCCC3)c(=O)n1C2. The molecule has 0 radical (unpaired) electrons. The predicted molar refractivity (Wildman–Crippen MR) is 101 cm³/mol. The van der Waals surface area contributed by atoms with Crippen molar-refractivity contribution in [2.75, 3.05) is 18.4 Å². The number of piperidine rings is 1. The van der Waals surface area contributed by atoms with E-state index >= 15 is 0 Å². The first kappa shape index (κ1) is 18.7. The van der Waals surface area contributed by atoms with Crippen molar-refractivity contribution in [2.45, 2.75) is 51.0 Å². The van der Waals surface area contributed by atoms with Gasteiger partial charge in [-0.15, -0.1) is 0 Å². The summed E-state index contributed by atoms with van der Waals surface area (Å²) in [5, 5.41) is 11.8. The average Bonchev–Trinajstić information content (AvgIpc) is 2.70. The molecular formula is C20H25N3O5. The molecule has 2 N–H and O–H groups in total. The normalized spacial score (nSPS) is 24.4. The zero-order valence-electron chi connectivity index (χ0n) is 15.7. The molecule has 2 aliphatic heterocycles.